The fourth-order valence-corrected chi connectivity index (χ4v) is 3.16. The monoisotopic (exact) mass is 362 g/mol. The Hall–Kier alpha value is -1.70. The number of carbonyl (C=O) groups is 1. The molecule has 1 aromatic carbocycles. The first-order valence-corrected chi connectivity index (χ1v) is 9.80. The summed E-state index contributed by atoms with van der Waals surface area (Å²) in [6.07, 6.45) is 4.45. The van der Waals surface area contributed by atoms with Crippen LogP contribution in [0.1, 0.15) is 39.0 Å². The molecule has 1 N–H and O–H groups in total. The minimum atomic E-state index is -3.66. The fourth-order valence-electron chi connectivity index (χ4n) is 2.20. The third-order valence-corrected chi connectivity index (χ3v) is 4.65. The number of hydrogen-bond acceptors (Lipinski definition) is 3. The van der Waals surface area contributed by atoms with Crippen molar-refractivity contribution >= 4 is 21.6 Å². The Morgan fingerprint density at radius 3 is 2.46 bits per heavy atom. The van der Waals surface area contributed by atoms with Crippen molar-refractivity contribution in [1.82, 2.24) is 5.32 Å². The summed E-state index contributed by atoms with van der Waals surface area (Å²) in [7, 11) is -3.66. The Labute approximate surface area is 142 Å². The fraction of sp³-hybridized carbons (Fsp3) is 0.562. The first-order chi connectivity index (χ1) is 11.3. The van der Waals surface area contributed by atoms with E-state index in [-0.39, 0.29) is 31.0 Å². The van der Waals surface area contributed by atoms with E-state index in [2.05, 4.69) is 12.2 Å². The van der Waals surface area contributed by atoms with Crippen LogP contribution in [0.15, 0.2) is 18.2 Å². The molecule has 0 aliphatic carbocycles. The zero-order valence-electron chi connectivity index (χ0n) is 14.0. The molecule has 1 aromatic rings. The third-order valence-electron chi connectivity index (χ3n) is 3.46. The van der Waals surface area contributed by atoms with Gasteiger partial charge >= 0.3 is 0 Å². The van der Waals surface area contributed by atoms with Crippen LogP contribution in [0.25, 0.3) is 0 Å². The molecule has 1 rings (SSSR count). The maximum Gasteiger partial charge on any atom is 0.232 e. The molecule has 0 unspecified atom stereocenters. The average molecular weight is 362 g/mol. The van der Waals surface area contributed by atoms with Crippen molar-refractivity contribution in [2.75, 3.05) is 23.7 Å². The topological polar surface area (TPSA) is 66.5 Å². The van der Waals surface area contributed by atoms with E-state index in [1.54, 1.807) is 0 Å². The Bertz CT molecular complexity index is 651. The summed E-state index contributed by atoms with van der Waals surface area (Å²) < 4.78 is 51.0. The standard InChI is InChI=1S/C16H24F2N2O3S/c1-3-4-5-10-19-16(21)7-6-11-20(24(2,22)23)13-8-9-14(17)15(18)12-13/h8-9,12H,3-7,10-11H2,1-2H3,(H,19,21). The van der Waals surface area contributed by atoms with E-state index in [9.17, 15) is 22.0 Å². The van der Waals surface area contributed by atoms with Crippen molar-refractivity contribution in [1.29, 1.82) is 0 Å². The number of benzene rings is 1. The predicted molar refractivity (Wildman–Crippen MR) is 90.3 cm³/mol. The Kier molecular flexibility index (Phi) is 8.10. The maximum atomic E-state index is 13.3. The molecule has 0 fully saturated rings. The quantitative estimate of drug-likeness (QED) is 0.651. The second-order valence-corrected chi connectivity index (χ2v) is 7.50. The maximum absolute atomic E-state index is 13.3. The number of carbonyl (C=O) groups excluding carboxylic acids is 1. The summed E-state index contributed by atoms with van der Waals surface area (Å²) >= 11 is 0. The molecule has 24 heavy (non-hydrogen) atoms. The molecule has 0 aromatic heterocycles. The number of hydrogen-bond donors (Lipinski definition) is 1. The van der Waals surface area contributed by atoms with Gasteiger partial charge in [-0.3, -0.25) is 9.10 Å². The summed E-state index contributed by atoms with van der Waals surface area (Å²) in [5.41, 5.74) is 0.0414. The number of amides is 1. The normalized spacial score (nSPS) is 11.3. The van der Waals surface area contributed by atoms with Crippen LogP contribution in [0.3, 0.4) is 0 Å². The van der Waals surface area contributed by atoms with Gasteiger partial charge in [0.15, 0.2) is 11.6 Å². The first-order valence-electron chi connectivity index (χ1n) is 7.95. The number of sulfonamides is 1. The lowest BCUT2D eigenvalue weighted by atomic mass is 10.2. The molecule has 0 spiro atoms. The Morgan fingerprint density at radius 1 is 1.17 bits per heavy atom. The van der Waals surface area contributed by atoms with Gasteiger partial charge in [0.1, 0.15) is 0 Å². The molecule has 1 amide bonds. The van der Waals surface area contributed by atoms with Gasteiger partial charge in [0, 0.05) is 25.6 Å². The minimum Gasteiger partial charge on any atom is -0.356 e. The highest BCUT2D eigenvalue weighted by molar-refractivity contribution is 7.92. The van der Waals surface area contributed by atoms with Crippen molar-refractivity contribution < 1.29 is 22.0 Å². The Balaban J connectivity index is 2.59. The molecule has 5 nitrogen and oxygen atoms in total. The molecule has 0 bridgehead atoms. The molecule has 0 saturated carbocycles. The lowest BCUT2D eigenvalue weighted by Gasteiger charge is -2.22. The van der Waals surface area contributed by atoms with E-state index in [1.165, 1.54) is 6.07 Å². The average Bonchev–Trinajstić information content (AvgIpc) is 2.50. The van der Waals surface area contributed by atoms with Gasteiger partial charge < -0.3 is 5.32 Å². The summed E-state index contributed by atoms with van der Waals surface area (Å²) in [5, 5.41) is 2.77. The van der Waals surface area contributed by atoms with Crippen LogP contribution in [0.5, 0.6) is 0 Å². The SMILES string of the molecule is CCCCCNC(=O)CCCN(c1ccc(F)c(F)c1)S(C)(=O)=O. The van der Waals surface area contributed by atoms with Crippen molar-refractivity contribution in [3.05, 3.63) is 29.8 Å². The van der Waals surface area contributed by atoms with Gasteiger partial charge in [-0.2, -0.15) is 0 Å². The summed E-state index contributed by atoms with van der Waals surface area (Å²) in [6.45, 7) is 2.69. The van der Waals surface area contributed by atoms with Gasteiger partial charge in [0.05, 0.1) is 11.9 Å². The van der Waals surface area contributed by atoms with E-state index in [0.29, 0.717) is 6.54 Å². The van der Waals surface area contributed by atoms with Crippen LogP contribution in [-0.4, -0.2) is 33.7 Å². The van der Waals surface area contributed by atoms with Gasteiger partial charge in [-0.25, -0.2) is 17.2 Å². The molecule has 0 atom stereocenters. The molecular formula is C16H24F2N2O3S. The third kappa shape index (κ3) is 6.82. The Morgan fingerprint density at radius 2 is 1.88 bits per heavy atom. The van der Waals surface area contributed by atoms with E-state index < -0.39 is 21.7 Å². The van der Waals surface area contributed by atoms with Crippen LogP contribution < -0.4 is 9.62 Å². The molecule has 0 radical (unpaired) electrons. The molecule has 136 valence electrons. The minimum absolute atomic E-state index is 0.0201. The van der Waals surface area contributed by atoms with Gasteiger partial charge in [-0.15, -0.1) is 0 Å². The highest BCUT2D eigenvalue weighted by Crippen LogP contribution is 2.21. The predicted octanol–water partition coefficient (Wildman–Crippen LogP) is 2.82. The zero-order chi connectivity index (χ0) is 18.2. The summed E-state index contributed by atoms with van der Waals surface area (Å²) in [4.78, 5) is 11.7. The van der Waals surface area contributed by atoms with Crippen LogP contribution >= 0.6 is 0 Å². The van der Waals surface area contributed by atoms with Crippen molar-refractivity contribution in [2.45, 2.75) is 39.0 Å². The molecule has 0 saturated heterocycles. The largest absolute Gasteiger partial charge is 0.356 e. The highest BCUT2D eigenvalue weighted by Gasteiger charge is 2.19. The lowest BCUT2D eigenvalue weighted by molar-refractivity contribution is -0.121. The van der Waals surface area contributed by atoms with E-state index >= 15 is 0 Å². The second kappa shape index (κ2) is 9.56. The molecule has 0 aliphatic rings. The summed E-state index contributed by atoms with van der Waals surface area (Å²) in [6, 6.07) is 2.91. The smallest absolute Gasteiger partial charge is 0.232 e. The number of nitrogens with zero attached hydrogens (tertiary/aromatic N) is 1. The van der Waals surface area contributed by atoms with Gasteiger partial charge in [-0.1, -0.05) is 19.8 Å². The molecular weight excluding hydrogens is 338 g/mol. The number of halogens is 2. The molecule has 8 heteroatoms. The number of rotatable bonds is 10. The van der Waals surface area contributed by atoms with Crippen molar-refractivity contribution in [3.8, 4) is 0 Å². The van der Waals surface area contributed by atoms with Crippen LogP contribution in [0, 0.1) is 11.6 Å². The van der Waals surface area contributed by atoms with Gasteiger partial charge in [0.25, 0.3) is 0 Å². The number of unbranched alkanes of at least 4 members (excludes halogenated alkanes) is 2. The van der Waals surface area contributed by atoms with Crippen LogP contribution in [0.4, 0.5) is 14.5 Å². The van der Waals surface area contributed by atoms with Crippen molar-refractivity contribution in [3.63, 3.8) is 0 Å². The van der Waals surface area contributed by atoms with Crippen LogP contribution in [-0.2, 0) is 14.8 Å². The number of nitrogens with one attached hydrogen (secondary N) is 1. The highest BCUT2D eigenvalue weighted by atomic mass is 32.2. The summed E-state index contributed by atoms with van der Waals surface area (Å²) in [5.74, 6) is -2.31. The first kappa shape index (κ1) is 20.3. The van der Waals surface area contributed by atoms with E-state index in [4.69, 9.17) is 0 Å². The lowest BCUT2D eigenvalue weighted by Crippen LogP contribution is -2.32. The molecule has 0 aliphatic heterocycles. The van der Waals surface area contributed by atoms with Crippen molar-refractivity contribution in [2.24, 2.45) is 0 Å². The molecule has 0 heterocycles. The van der Waals surface area contributed by atoms with E-state index in [0.717, 1.165) is 42.0 Å². The number of anilines is 1. The van der Waals surface area contributed by atoms with E-state index in [1.807, 2.05) is 0 Å². The zero-order valence-corrected chi connectivity index (χ0v) is 14.8. The van der Waals surface area contributed by atoms with Gasteiger partial charge in [0.2, 0.25) is 15.9 Å². The second-order valence-electron chi connectivity index (χ2n) is 5.59. The van der Waals surface area contributed by atoms with Crippen LogP contribution in [0.2, 0.25) is 0 Å². The van der Waals surface area contributed by atoms with Gasteiger partial charge in [-0.05, 0) is 25.0 Å².